The first-order valence-electron chi connectivity index (χ1n) is 10.9. The lowest BCUT2D eigenvalue weighted by molar-refractivity contribution is -0.134. The zero-order valence-corrected chi connectivity index (χ0v) is 17.4. The van der Waals surface area contributed by atoms with E-state index < -0.39 is 11.6 Å². The molecular formula is C24H26N4O3. The van der Waals surface area contributed by atoms with Gasteiger partial charge in [-0.1, -0.05) is 36.4 Å². The van der Waals surface area contributed by atoms with Gasteiger partial charge in [0.1, 0.15) is 12.1 Å². The van der Waals surface area contributed by atoms with Gasteiger partial charge in [-0.2, -0.15) is 0 Å². The normalized spacial score (nSPS) is 22.6. The molecule has 160 valence electrons. The Morgan fingerprint density at radius 3 is 2.58 bits per heavy atom. The number of carbonyl (C=O) groups excluding carboxylic acids is 3. The molecule has 31 heavy (non-hydrogen) atoms. The van der Waals surface area contributed by atoms with E-state index in [2.05, 4.69) is 15.5 Å². The Balaban J connectivity index is 1.32. The summed E-state index contributed by atoms with van der Waals surface area (Å²) < 4.78 is 0. The summed E-state index contributed by atoms with van der Waals surface area (Å²) in [6.07, 6.45) is 4.74. The van der Waals surface area contributed by atoms with Gasteiger partial charge in [0.2, 0.25) is 5.91 Å². The van der Waals surface area contributed by atoms with Gasteiger partial charge in [0.25, 0.3) is 5.91 Å². The highest BCUT2D eigenvalue weighted by molar-refractivity contribution is 6.11. The number of para-hydroxylation sites is 2. The number of anilines is 2. The molecule has 2 aromatic rings. The molecule has 7 nitrogen and oxygen atoms in total. The van der Waals surface area contributed by atoms with E-state index in [9.17, 15) is 14.4 Å². The molecule has 1 unspecified atom stereocenters. The highest BCUT2D eigenvalue weighted by atomic mass is 16.2. The van der Waals surface area contributed by atoms with Crippen LogP contribution < -0.4 is 15.5 Å². The number of piperidine rings is 1. The molecule has 2 aliphatic heterocycles. The number of aryl methyl sites for hydroxylation is 1. The smallest absolute Gasteiger partial charge is 0.325 e. The number of amides is 4. The van der Waals surface area contributed by atoms with Gasteiger partial charge in [-0.05, 0) is 55.4 Å². The Hall–Kier alpha value is -3.35. The van der Waals surface area contributed by atoms with Crippen molar-refractivity contribution in [3.8, 4) is 0 Å². The molecule has 0 saturated carbocycles. The molecule has 0 bridgehead atoms. The number of rotatable bonds is 4. The lowest BCUT2D eigenvalue weighted by Gasteiger charge is -2.30. The quantitative estimate of drug-likeness (QED) is 0.748. The molecule has 2 N–H and O–H groups in total. The first-order valence-corrected chi connectivity index (χ1v) is 10.9. The SMILES string of the molecule is O=C(CN1C(=O)NC2(CCc3ccccc32)C1=O)Nc1ccccc1N1CCCCC1. The third kappa shape index (κ3) is 3.34. The van der Waals surface area contributed by atoms with E-state index in [4.69, 9.17) is 0 Å². The Bertz CT molecular complexity index is 1050. The molecule has 0 radical (unpaired) electrons. The molecule has 1 aliphatic carbocycles. The van der Waals surface area contributed by atoms with Crippen LogP contribution in [0.5, 0.6) is 0 Å². The molecule has 7 heteroatoms. The molecule has 4 amide bonds. The minimum atomic E-state index is -1.04. The zero-order valence-electron chi connectivity index (χ0n) is 17.4. The number of nitrogens with zero attached hydrogens (tertiary/aromatic N) is 2. The molecule has 2 heterocycles. The number of imide groups is 1. The van der Waals surface area contributed by atoms with E-state index in [-0.39, 0.29) is 18.4 Å². The molecule has 3 aliphatic rings. The highest BCUT2D eigenvalue weighted by Crippen LogP contribution is 2.41. The third-order valence-electron chi connectivity index (χ3n) is 6.60. The van der Waals surface area contributed by atoms with Crippen LogP contribution in [0.2, 0.25) is 0 Å². The maximum atomic E-state index is 13.3. The summed E-state index contributed by atoms with van der Waals surface area (Å²) in [7, 11) is 0. The molecule has 2 fully saturated rings. The Morgan fingerprint density at radius 2 is 1.74 bits per heavy atom. The molecule has 1 spiro atoms. The standard InChI is InChI=1S/C24H26N4O3/c29-21(25-19-10-4-5-11-20(19)27-14-6-1-7-15-27)16-28-22(30)24(26-23(28)31)13-12-17-8-2-3-9-18(17)24/h2-5,8-11H,1,6-7,12-16H2,(H,25,29)(H,26,31). The van der Waals surface area contributed by atoms with Crippen LogP contribution in [0.1, 0.15) is 36.8 Å². The maximum absolute atomic E-state index is 13.3. The van der Waals surface area contributed by atoms with Crippen LogP contribution in [0.25, 0.3) is 0 Å². The van der Waals surface area contributed by atoms with Crippen LogP contribution in [0.4, 0.5) is 16.2 Å². The second kappa shape index (κ2) is 7.72. The molecule has 1 atom stereocenters. The molecular weight excluding hydrogens is 392 g/mol. The van der Waals surface area contributed by atoms with Crippen LogP contribution in [-0.2, 0) is 21.5 Å². The topological polar surface area (TPSA) is 81.8 Å². The van der Waals surface area contributed by atoms with E-state index in [1.165, 1.54) is 6.42 Å². The maximum Gasteiger partial charge on any atom is 0.325 e. The van der Waals surface area contributed by atoms with E-state index in [1.54, 1.807) is 0 Å². The molecule has 5 rings (SSSR count). The van der Waals surface area contributed by atoms with Gasteiger partial charge in [0.05, 0.1) is 11.4 Å². The lowest BCUT2D eigenvalue weighted by Crippen LogP contribution is -2.43. The van der Waals surface area contributed by atoms with Crippen molar-refractivity contribution >= 4 is 29.2 Å². The average molecular weight is 418 g/mol. The Kier molecular flexibility index (Phi) is 4.88. The van der Waals surface area contributed by atoms with Crippen molar-refractivity contribution in [1.82, 2.24) is 10.2 Å². The van der Waals surface area contributed by atoms with Gasteiger partial charge in [-0.25, -0.2) is 4.79 Å². The fourth-order valence-electron chi connectivity index (χ4n) is 5.06. The van der Waals surface area contributed by atoms with Crippen LogP contribution >= 0.6 is 0 Å². The zero-order chi connectivity index (χ0) is 21.4. The van der Waals surface area contributed by atoms with Crippen molar-refractivity contribution in [2.75, 3.05) is 29.9 Å². The van der Waals surface area contributed by atoms with Crippen LogP contribution in [0.15, 0.2) is 48.5 Å². The first kappa shape index (κ1) is 19.6. The second-order valence-electron chi connectivity index (χ2n) is 8.50. The highest BCUT2D eigenvalue weighted by Gasteiger charge is 2.55. The molecule has 2 saturated heterocycles. The number of benzene rings is 2. The minimum Gasteiger partial charge on any atom is -0.370 e. The minimum absolute atomic E-state index is 0.303. The summed E-state index contributed by atoms with van der Waals surface area (Å²) in [6, 6.07) is 14.9. The lowest BCUT2D eigenvalue weighted by atomic mass is 9.92. The summed E-state index contributed by atoms with van der Waals surface area (Å²) in [5.41, 5.74) is 2.56. The molecule has 2 aromatic carbocycles. The summed E-state index contributed by atoms with van der Waals surface area (Å²) in [6.45, 7) is 1.62. The van der Waals surface area contributed by atoms with Crippen molar-refractivity contribution in [3.05, 3.63) is 59.7 Å². The predicted molar refractivity (Wildman–Crippen MR) is 118 cm³/mol. The van der Waals surface area contributed by atoms with Crippen molar-refractivity contribution in [1.29, 1.82) is 0 Å². The molecule has 0 aromatic heterocycles. The van der Waals surface area contributed by atoms with Gasteiger partial charge in [-0.15, -0.1) is 0 Å². The van der Waals surface area contributed by atoms with Gasteiger partial charge >= 0.3 is 6.03 Å². The van der Waals surface area contributed by atoms with Crippen molar-refractivity contribution in [2.24, 2.45) is 0 Å². The summed E-state index contributed by atoms with van der Waals surface area (Å²) >= 11 is 0. The van der Waals surface area contributed by atoms with Crippen molar-refractivity contribution in [2.45, 2.75) is 37.6 Å². The summed E-state index contributed by atoms with van der Waals surface area (Å²) in [4.78, 5) is 42.1. The van der Waals surface area contributed by atoms with Crippen LogP contribution in [0.3, 0.4) is 0 Å². The number of fused-ring (bicyclic) bond motifs is 2. The van der Waals surface area contributed by atoms with Gasteiger partial charge in [0, 0.05) is 13.1 Å². The second-order valence-corrected chi connectivity index (χ2v) is 8.50. The summed E-state index contributed by atoms with van der Waals surface area (Å²) in [5.74, 6) is -0.724. The van der Waals surface area contributed by atoms with Crippen LogP contribution in [0, 0.1) is 0 Å². The van der Waals surface area contributed by atoms with Crippen LogP contribution in [-0.4, -0.2) is 42.4 Å². The number of urea groups is 1. The van der Waals surface area contributed by atoms with Gasteiger partial charge in [0.15, 0.2) is 0 Å². The monoisotopic (exact) mass is 418 g/mol. The average Bonchev–Trinajstić information content (AvgIpc) is 3.28. The van der Waals surface area contributed by atoms with Gasteiger partial charge < -0.3 is 15.5 Å². The first-order chi connectivity index (χ1) is 15.1. The van der Waals surface area contributed by atoms with Crippen molar-refractivity contribution in [3.63, 3.8) is 0 Å². The number of carbonyl (C=O) groups is 3. The number of nitrogens with one attached hydrogen (secondary N) is 2. The van der Waals surface area contributed by atoms with E-state index in [0.29, 0.717) is 12.1 Å². The third-order valence-corrected chi connectivity index (χ3v) is 6.60. The number of hydrogen-bond donors (Lipinski definition) is 2. The van der Waals surface area contributed by atoms with Crippen molar-refractivity contribution < 1.29 is 14.4 Å². The van der Waals surface area contributed by atoms with E-state index >= 15 is 0 Å². The van der Waals surface area contributed by atoms with E-state index in [1.807, 2.05) is 48.5 Å². The van der Waals surface area contributed by atoms with Gasteiger partial charge in [-0.3, -0.25) is 14.5 Å². The Labute approximate surface area is 181 Å². The fraction of sp³-hybridized carbons (Fsp3) is 0.375. The predicted octanol–water partition coefficient (Wildman–Crippen LogP) is 3.01. The fourth-order valence-corrected chi connectivity index (χ4v) is 5.06. The number of hydrogen-bond acceptors (Lipinski definition) is 4. The summed E-state index contributed by atoms with van der Waals surface area (Å²) in [5, 5.41) is 5.79. The van der Waals surface area contributed by atoms with E-state index in [0.717, 1.165) is 54.1 Å². The Morgan fingerprint density at radius 1 is 1.00 bits per heavy atom. The largest absolute Gasteiger partial charge is 0.370 e.